The summed E-state index contributed by atoms with van der Waals surface area (Å²) in [5.41, 5.74) is 5.85. The highest BCUT2D eigenvalue weighted by molar-refractivity contribution is 8.01. The Morgan fingerprint density at radius 3 is 2.90 bits per heavy atom. The van der Waals surface area contributed by atoms with Crippen molar-refractivity contribution >= 4 is 30.8 Å². The lowest BCUT2D eigenvalue weighted by Crippen LogP contribution is -2.41. The topological polar surface area (TPSA) is 110 Å². The molecule has 20 heavy (non-hydrogen) atoms. The van der Waals surface area contributed by atoms with Crippen LogP contribution in [-0.2, 0) is 11.2 Å². The molecule has 2 rings (SSSR count). The number of carboxylic acids is 1. The summed E-state index contributed by atoms with van der Waals surface area (Å²) in [4.78, 5) is 21.8. The van der Waals surface area contributed by atoms with Crippen LogP contribution in [0.15, 0.2) is 18.2 Å². The summed E-state index contributed by atoms with van der Waals surface area (Å²) >= 11 is 1.39. The van der Waals surface area contributed by atoms with Crippen molar-refractivity contribution < 1.29 is 24.4 Å². The van der Waals surface area contributed by atoms with Gasteiger partial charge in [-0.15, -0.1) is 0 Å². The zero-order valence-corrected chi connectivity index (χ0v) is 11.4. The van der Waals surface area contributed by atoms with Crippen LogP contribution in [0, 0.1) is 0 Å². The van der Waals surface area contributed by atoms with Crippen molar-refractivity contribution in [3.05, 3.63) is 29.3 Å². The van der Waals surface area contributed by atoms with E-state index in [0.29, 0.717) is 12.2 Å². The highest BCUT2D eigenvalue weighted by atomic mass is 32.2. The lowest BCUT2D eigenvalue weighted by atomic mass is 9.77. The molecular weight excluding hydrogens is 281 g/mol. The van der Waals surface area contributed by atoms with Crippen molar-refractivity contribution in [2.24, 2.45) is 5.73 Å². The predicted molar refractivity (Wildman–Crippen MR) is 75.8 cm³/mol. The summed E-state index contributed by atoms with van der Waals surface area (Å²) in [6.07, 6.45) is 0.719. The van der Waals surface area contributed by atoms with E-state index >= 15 is 0 Å². The Hall–Kier alpha value is -1.67. The second-order valence-corrected chi connectivity index (χ2v) is 5.78. The van der Waals surface area contributed by atoms with E-state index in [-0.39, 0.29) is 22.9 Å². The second kappa shape index (κ2) is 6.19. The fraction of sp³-hybridized carbons (Fsp3) is 0.333. The van der Waals surface area contributed by atoms with Gasteiger partial charge in [-0.05, 0) is 18.1 Å². The first-order valence-electron chi connectivity index (χ1n) is 6.09. The van der Waals surface area contributed by atoms with Crippen molar-refractivity contribution in [3.63, 3.8) is 0 Å². The molecule has 1 atom stereocenters. The summed E-state index contributed by atoms with van der Waals surface area (Å²) in [5, 5.41) is 18.8. The van der Waals surface area contributed by atoms with Crippen molar-refractivity contribution in [3.8, 4) is 5.75 Å². The number of aromatic carboxylic acids is 1. The maximum absolute atomic E-state index is 11.1. The average molecular weight is 295 g/mol. The highest BCUT2D eigenvalue weighted by Gasteiger charge is 2.36. The first-order valence-corrected chi connectivity index (χ1v) is 7.13. The van der Waals surface area contributed by atoms with Crippen LogP contribution >= 0.6 is 11.8 Å². The number of nitrogens with two attached hydrogens (primary N) is 1. The van der Waals surface area contributed by atoms with E-state index in [4.69, 9.17) is 15.5 Å². The standard InChI is InChI=1S/C12H14BNO5S/c14-10(15)4-5-20-9-6-7-2-1-3-8(12(16)17)11(7)19-13(9)18/h1-3,9,18H,4-6H2,(H2,14,15)(H,16,17)/t9-/m0/s1. The smallest absolute Gasteiger partial charge is 0.535 e. The van der Waals surface area contributed by atoms with E-state index < -0.39 is 19.0 Å². The largest absolute Gasteiger partial charge is 0.536 e. The van der Waals surface area contributed by atoms with E-state index in [9.17, 15) is 14.6 Å². The molecule has 0 saturated heterocycles. The minimum absolute atomic E-state index is 0.0436. The molecule has 8 heteroatoms. The number of carbonyl (C=O) groups is 2. The van der Waals surface area contributed by atoms with Crippen LogP contribution in [0.1, 0.15) is 22.3 Å². The Bertz CT molecular complexity index is 539. The lowest BCUT2D eigenvalue weighted by molar-refractivity contribution is -0.117. The monoisotopic (exact) mass is 295 g/mol. The molecular formula is C12H14BNO5S. The van der Waals surface area contributed by atoms with Crippen molar-refractivity contribution in [2.75, 3.05) is 5.75 Å². The van der Waals surface area contributed by atoms with E-state index in [1.807, 2.05) is 0 Å². The number of amides is 1. The molecule has 0 aromatic heterocycles. The van der Waals surface area contributed by atoms with Crippen LogP contribution in [0.5, 0.6) is 5.75 Å². The van der Waals surface area contributed by atoms with Gasteiger partial charge in [0.05, 0.1) is 10.7 Å². The Labute approximate surface area is 120 Å². The zero-order chi connectivity index (χ0) is 14.7. The quantitative estimate of drug-likeness (QED) is 0.675. The molecule has 0 fully saturated rings. The summed E-state index contributed by atoms with van der Waals surface area (Å²) in [6.45, 7) is 0. The summed E-state index contributed by atoms with van der Waals surface area (Å²) in [7, 11) is -1.10. The van der Waals surface area contributed by atoms with Crippen LogP contribution in [0.3, 0.4) is 0 Å². The third-order valence-electron chi connectivity index (χ3n) is 2.99. The SMILES string of the molecule is NC(=O)CCS[C@H]1Cc2cccc(C(=O)O)c2OB1O. The lowest BCUT2D eigenvalue weighted by Gasteiger charge is -2.27. The first kappa shape index (κ1) is 14.7. The molecule has 1 aromatic carbocycles. The zero-order valence-electron chi connectivity index (χ0n) is 10.6. The molecule has 1 heterocycles. The number of hydrogen-bond donors (Lipinski definition) is 3. The number of benzene rings is 1. The summed E-state index contributed by atoms with van der Waals surface area (Å²) < 4.78 is 5.33. The number of primary amides is 1. The summed E-state index contributed by atoms with van der Waals surface area (Å²) in [5.74, 6) is -0.764. The van der Waals surface area contributed by atoms with Gasteiger partial charge >= 0.3 is 13.1 Å². The molecule has 4 N–H and O–H groups in total. The minimum atomic E-state index is -1.10. The van der Waals surface area contributed by atoms with Gasteiger partial charge in [0, 0.05) is 12.2 Å². The van der Waals surface area contributed by atoms with Crippen LogP contribution in [0.25, 0.3) is 0 Å². The molecule has 0 bridgehead atoms. The molecule has 0 radical (unpaired) electrons. The van der Waals surface area contributed by atoms with E-state index in [0.717, 1.165) is 5.56 Å². The molecule has 1 aliphatic rings. The molecule has 0 spiro atoms. The number of carbonyl (C=O) groups excluding carboxylic acids is 1. The van der Waals surface area contributed by atoms with Crippen LogP contribution in [-0.4, -0.2) is 40.0 Å². The fourth-order valence-corrected chi connectivity index (χ4v) is 3.16. The fourth-order valence-electron chi connectivity index (χ4n) is 2.02. The van der Waals surface area contributed by atoms with Gasteiger partial charge in [0.15, 0.2) is 0 Å². The average Bonchev–Trinajstić information content (AvgIpc) is 2.38. The number of rotatable bonds is 5. The van der Waals surface area contributed by atoms with Gasteiger partial charge in [-0.25, -0.2) is 4.79 Å². The Kier molecular flexibility index (Phi) is 4.56. The van der Waals surface area contributed by atoms with Gasteiger partial charge in [0.2, 0.25) is 5.91 Å². The molecule has 0 saturated carbocycles. The Morgan fingerprint density at radius 2 is 2.25 bits per heavy atom. The number of fused-ring (bicyclic) bond motifs is 1. The molecule has 6 nitrogen and oxygen atoms in total. The van der Waals surface area contributed by atoms with Gasteiger partial charge in [-0.2, -0.15) is 11.8 Å². The third-order valence-corrected chi connectivity index (χ3v) is 4.25. The minimum Gasteiger partial charge on any atom is -0.535 e. The predicted octanol–water partition coefficient (Wildman–Crippen LogP) is 0.317. The van der Waals surface area contributed by atoms with Crippen molar-refractivity contribution in [2.45, 2.75) is 18.0 Å². The van der Waals surface area contributed by atoms with E-state index in [1.165, 1.54) is 17.8 Å². The second-order valence-electron chi connectivity index (χ2n) is 4.44. The first-order chi connectivity index (χ1) is 9.49. The van der Waals surface area contributed by atoms with E-state index in [2.05, 4.69) is 0 Å². The van der Waals surface area contributed by atoms with Gasteiger partial charge in [-0.1, -0.05) is 12.1 Å². The van der Waals surface area contributed by atoms with Crippen LogP contribution < -0.4 is 10.4 Å². The molecule has 1 aliphatic heterocycles. The number of hydrogen-bond acceptors (Lipinski definition) is 5. The van der Waals surface area contributed by atoms with Crippen molar-refractivity contribution in [1.82, 2.24) is 0 Å². The van der Waals surface area contributed by atoms with Crippen LogP contribution in [0.2, 0.25) is 0 Å². The summed E-state index contributed by atoms with van der Waals surface area (Å²) in [6, 6.07) is 4.86. The maximum atomic E-state index is 11.1. The molecule has 106 valence electrons. The normalized spacial score (nSPS) is 17.2. The third kappa shape index (κ3) is 3.26. The van der Waals surface area contributed by atoms with Gasteiger partial charge in [0.25, 0.3) is 0 Å². The maximum Gasteiger partial charge on any atom is 0.536 e. The van der Waals surface area contributed by atoms with Crippen molar-refractivity contribution in [1.29, 1.82) is 0 Å². The highest BCUT2D eigenvalue weighted by Crippen LogP contribution is 2.34. The number of thioether (sulfide) groups is 1. The van der Waals surface area contributed by atoms with E-state index in [1.54, 1.807) is 12.1 Å². The Morgan fingerprint density at radius 1 is 1.50 bits per heavy atom. The van der Waals surface area contributed by atoms with Gasteiger partial charge in [-0.3, -0.25) is 4.79 Å². The van der Waals surface area contributed by atoms with Gasteiger partial charge in [0.1, 0.15) is 5.75 Å². The molecule has 1 aromatic rings. The Balaban J connectivity index is 2.11. The number of para-hydroxylation sites is 1. The van der Waals surface area contributed by atoms with Gasteiger partial charge < -0.3 is 20.5 Å². The number of carboxylic acid groups (broad SMARTS) is 1. The molecule has 1 amide bonds. The molecule has 0 aliphatic carbocycles. The van der Waals surface area contributed by atoms with Crippen LogP contribution in [0.4, 0.5) is 0 Å². The molecule has 0 unspecified atom stereocenters.